The van der Waals surface area contributed by atoms with Crippen LogP contribution in [0.25, 0.3) is 10.9 Å². The highest BCUT2D eigenvalue weighted by atomic mass is 16.1. The first-order valence-corrected chi connectivity index (χ1v) is 11.4. The van der Waals surface area contributed by atoms with Crippen LogP contribution in [0.2, 0.25) is 0 Å². The maximum atomic E-state index is 13.4. The van der Waals surface area contributed by atoms with Gasteiger partial charge in [0.05, 0.1) is 30.2 Å². The number of tetrazole rings is 1. The maximum absolute atomic E-state index is 13.4. The molecule has 0 amide bonds. The standard InChI is InChI=1S/C23H30N6O/c1-15-10-11-17-14-19(23(30)24-20(17)16(15)2)21(28-12-6-3-7-13-28)22-25-26-27-29(22)18-8-4-5-9-18/h10-11,14,18,21H,3-9,12-13H2,1-2H3,(H,24,30)/p+1/t21-/m1/s1. The Morgan fingerprint density at radius 1 is 1.10 bits per heavy atom. The number of rotatable bonds is 4. The second kappa shape index (κ2) is 7.95. The molecule has 5 rings (SSSR count). The molecule has 2 aliphatic rings. The molecular formula is C23H31N6O+. The van der Waals surface area contributed by atoms with Crippen molar-refractivity contribution in [3.8, 4) is 0 Å². The van der Waals surface area contributed by atoms with Crippen molar-refractivity contribution in [2.24, 2.45) is 0 Å². The Balaban J connectivity index is 1.66. The van der Waals surface area contributed by atoms with Crippen molar-refractivity contribution in [3.63, 3.8) is 0 Å². The summed E-state index contributed by atoms with van der Waals surface area (Å²) in [5.74, 6) is 0.854. The van der Waals surface area contributed by atoms with Crippen molar-refractivity contribution in [3.05, 3.63) is 51.1 Å². The van der Waals surface area contributed by atoms with Crippen molar-refractivity contribution >= 4 is 10.9 Å². The summed E-state index contributed by atoms with van der Waals surface area (Å²) in [6.45, 7) is 6.25. The number of pyridine rings is 1. The number of likely N-dealkylation sites (tertiary alicyclic amines) is 1. The lowest BCUT2D eigenvalue weighted by Crippen LogP contribution is -3.13. The largest absolute Gasteiger partial charge is 0.322 e. The summed E-state index contributed by atoms with van der Waals surface area (Å²) in [5, 5.41) is 14.0. The molecule has 1 atom stereocenters. The van der Waals surface area contributed by atoms with Crippen molar-refractivity contribution in [2.45, 2.75) is 70.9 Å². The number of aromatic nitrogens is 5. The minimum atomic E-state index is -0.129. The van der Waals surface area contributed by atoms with Crippen LogP contribution in [0.5, 0.6) is 0 Å². The smallest absolute Gasteiger partial charge is 0.258 e. The zero-order valence-corrected chi connectivity index (χ0v) is 17.9. The van der Waals surface area contributed by atoms with Gasteiger partial charge in [0.15, 0.2) is 6.04 Å². The van der Waals surface area contributed by atoms with E-state index in [-0.39, 0.29) is 11.6 Å². The van der Waals surface area contributed by atoms with Crippen molar-refractivity contribution in [2.75, 3.05) is 13.1 Å². The highest BCUT2D eigenvalue weighted by Gasteiger charge is 2.36. The molecule has 7 nitrogen and oxygen atoms in total. The van der Waals surface area contributed by atoms with Crippen LogP contribution >= 0.6 is 0 Å². The van der Waals surface area contributed by atoms with E-state index in [0.717, 1.165) is 53.8 Å². The van der Waals surface area contributed by atoms with Gasteiger partial charge in [-0.1, -0.05) is 25.0 Å². The first-order valence-electron chi connectivity index (χ1n) is 11.4. The minimum Gasteiger partial charge on any atom is -0.322 e. The van der Waals surface area contributed by atoms with Crippen LogP contribution in [0.4, 0.5) is 0 Å². The van der Waals surface area contributed by atoms with Crippen LogP contribution < -0.4 is 10.5 Å². The lowest BCUT2D eigenvalue weighted by Gasteiger charge is -2.31. The molecule has 30 heavy (non-hydrogen) atoms. The van der Waals surface area contributed by atoms with Gasteiger partial charge in [-0.3, -0.25) is 4.79 Å². The number of H-pyrrole nitrogens is 1. The van der Waals surface area contributed by atoms with Crippen LogP contribution in [0.1, 0.15) is 79.5 Å². The fraction of sp³-hybridized carbons (Fsp3) is 0.565. The molecule has 1 aliphatic carbocycles. The summed E-state index contributed by atoms with van der Waals surface area (Å²) in [5.41, 5.74) is 4.03. The second-order valence-corrected chi connectivity index (χ2v) is 9.10. The first kappa shape index (κ1) is 19.4. The average molecular weight is 408 g/mol. The molecule has 2 aromatic heterocycles. The van der Waals surface area contributed by atoms with Gasteiger partial charge in [-0.2, -0.15) is 0 Å². The molecule has 3 aromatic rings. The van der Waals surface area contributed by atoms with Gasteiger partial charge in [0, 0.05) is 0 Å². The molecule has 0 bridgehead atoms. The van der Waals surface area contributed by atoms with Gasteiger partial charge in [-0.25, -0.2) is 4.68 Å². The highest BCUT2D eigenvalue weighted by Crippen LogP contribution is 2.31. The van der Waals surface area contributed by atoms with Crippen LogP contribution in [0.15, 0.2) is 23.0 Å². The van der Waals surface area contributed by atoms with Gasteiger partial charge in [0.2, 0.25) is 5.82 Å². The average Bonchev–Trinajstić information content (AvgIpc) is 3.45. The SMILES string of the molecule is Cc1ccc2cc([C@H](c3nnnn3C3CCCC3)[NH+]3CCCCC3)c(=O)[nH]c2c1C. The summed E-state index contributed by atoms with van der Waals surface area (Å²) < 4.78 is 2.03. The quantitative estimate of drug-likeness (QED) is 0.696. The van der Waals surface area contributed by atoms with Gasteiger partial charge in [-0.05, 0) is 79.0 Å². The summed E-state index contributed by atoms with van der Waals surface area (Å²) in [6, 6.07) is 6.55. The number of quaternary nitrogens is 1. The lowest BCUT2D eigenvalue weighted by molar-refractivity contribution is -0.931. The number of fused-ring (bicyclic) bond motifs is 1. The Labute approximate surface area is 176 Å². The van der Waals surface area contributed by atoms with E-state index in [1.165, 1.54) is 42.6 Å². The Kier molecular flexibility index (Phi) is 5.15. The van der Waals surface area contributed by atoms with E-state index in [2.05, 4.69) is 52.6 Å². The zero-order chi connectivity index (χ0) is 20.7. The van der Waals surface area contributed by atoms with E-state index < -0.39 is 0 Å². The van der Waals surface area contributed by atoms with Crippen molar-refractivity contribution < 1.29 is 4.90 Å². The minimum absolute atomic E-state index is 0.0137. The molecule has 2 fully saturated rings. The highest BCUT2D eigenvalue weighted by molar-refractivity contribution is 5.83. The van der Waals surface area contributed by atoms with E-state index in [9.17, 15) is 4.79 Å². The predicted octanol–water partition coefficient (Wildman–Crippen LogP) is 2.40. The van der Waals surface area contributed by atoms with Gasteiger partial charge in [-0.15, -0.1) is 5.10 Å². The number of piperidine rings is 1. The number of hydrogen-bond acceptors (Lipinski definition) is 4. The van der Waals surface area contributed by atoms with Gasteiger partial charge in [0.1, 0.15) is 0 Å². The lowest BCUT2D eigenvalue weighted by atomic mass is 9.98. The third kappa shape index (κ3) is 3.35. The second-order valence-electron chi connectivity index (χ2n) is 9.10. The third-order valence-corrected chi connectivity index (χ3v) is 7.24. The molecule has 2 N–H and O–H groups in total. The Hall–Kier alpha value is -2.54. The molecule has 0 unspecified atom stereocenters. The first-order chi connectivity index (χ1) is 14.6. The van der Waals surface area contributed by atoms with Crippen LogP contribution in [-0.2, 0) is 0 Å². The number of aromatic amines is 1. The molecule has 0 radical (unpaired) electrons. The van der Waals surface area contributed by atoms with Gasteiger partial charge >= 0.3 is 0 Å². The number of aryl methyl sites for hydroxylation is 2. The molecule has 1 saturated heterocycles. The molecular weight excluding hydrogens is 376 g/mol. The maximum Gasteiger partial charge on any atom is 0.258 e. The van der Waals surface area contributed by atoms with Gasteiger partial charge in [0.25, 0.3) is 5.56 Å². The summed E-state index contributed by atoms with van der Waals surface area (Å²) in [6.07, 6.45) is 8.30. The zero-order valence-electron chi connectivity index (χ0n) is 17.9. The Morgan fingerprint density at radius 3 is 2.63 bits per heavy atom. The van der Waals surface area contributed by atoms with E-state index in [1.54, 1.807) is 0 Å². The fourth-order valence-corrected chi connectivity index (χ4v) is 5.39. The number of benzene rings is 1. The fourth-order valence-electron chi connectivity index (χ4n) is 5.39. The molecule has 7 heteroatoms. The summed E-state index contributed by atoms with van der Waals surface area (Å²) >= 11 is 0. The van der Waals surface area contributed by atoms with E-state index in [4.69, 9.17) is 0 Å². The third-order valence-electron chi connectivity index (χ3n) is 7.24. The Bertz CT molecular complexity index is 1100. The molecule has 0 spiro atoms. The van der Waals surface area contributed by atoms with Crippen molar-refractivity contribution in [1.29, 1.82) is 0 Å². The van der Waals surface area contributed by atoms with Crippen LogP contribution in [-0.4, -0.2) is 38.3 Å². The molecule has 1 aromatic carbocycles. The molecule has 1 aliphatic heterocycles. The van der Waals surface area contributed by atoms with E-state index in [0.29, 0.717) is 6.04 Å². The predicted molar refractivity (Wildman–Crippen MR) is 116 cm³/mol. The van der Waals surface area contributed by atoms with Crippen molar-refractivity contribution in [1.82, 2.24) is 25.2 Å². The van der Waals surface area contributed by atoms with E-state index >= 15 is 0 Å². The number of nitrogens with one attached hydrogen (secondary N) is 2. The number of nitrogens with zero attached hydrogens (tertiary/aromatic N) is 4. The van der Waals surface area contributed by atoms with Crippen LogP contribution in [0, 0.1) is 13.8 Å². The summed E-state index contributed by atoms with van der Waals surface area (Å²) in [4.78, 5) is 18.0. The van der Waals surface area contributed by atoms with Crippen LogP contribution in [0.3, 0.4) is 0 Å². The molecule has 1 saturated carbocycles. The Morgan fingerprint density at radius 2 is 1.87 bits per heavy atom. The number of hydrogen-bond donors (Lipinski definition) is 2. The molecule has 158 valence electrons. The topological polar surface area (TPSA) is 80.9 Å². The molecule has 3 heterocycles. The normalized spacial score (nSPS) is 19.5. The summed E-state index contributed by atoms with van der Waals surface area (Å²) in [7, 11) is 0. The van der Waals surface area contributed by atoms with E-state index in [1.807, 2.05) is 4.68 Å². The monoisotopic (exact) mass is 407 g/mol. The van der Waals surface area contributed by atoms with Gasteiger partial charge < -0.3 is 9.88 Å².